The molecule has 0 bridgehead atoms. The molecule has 1 aliphatic carbocycles. The van der Waals surface area contributed by atoms with Crippen molar-refractivity contribution < 1.29 is 32.2 Å². The molecular formula is C22H24N2O7S. The van der Waals surface area contributed by atoms with Crippen LogP contribution in [-0.2, 0) is 14.8 Å². The van der Waals surface area contributed by atoms with Gasteiger partial charge in [0.2, 0.25) is 15.9 Å². The van der Waals surface area contributed by atoms with Gasteiger partial charge in [-0.25, -0.2) is 13.1 Å². The van der Waals surface area contributed by atoms with Gasteiger partial charge in [0.15, 0.2) is 23.0 Å². The summed E-state index contributed by atoms with van der Waals surface area (Å²) in [4.78, 5) is 12.4. The van der Waals surface area contributed by atoms with Gasteiger partial charge in [-0.1, -0.05) is 0 Å². The average Bonchev–Trinajstić information content (AvgIpc) is 3.38. The third kappa shape index (κ3) is 4.20. The second kappa shape index (κ2) is 8.18. The fraction of sp³-hybridized carbons (Fsp3) is 0.409. The molecule has 1 fully saturated rings. The Hall–Kier alpha value is -2.98. The molecule has 0 saturated heterocycles. The van der Waals surface area contributed by atoms with E-state index in [1.54, 1.807) is 24.3 Å². The van der Waals surface area contributed by atoms with Gasteiger partial charge in [0.05, 0.1) is 4.90 Å². The van der Waals surface area contributed by atoms with Crippen molar-refractivity contribution in [2.45, 2.75) is 42.8 Å². The molecule has 10 heteroatoms. The Morgan fingerprint density at radius 3 is 2.44 bits per heavy atom. The molecule has 2 N–H and O–H groups in total. The number of ether oxygens (including phenoxy) is 4. The van der Waals surface area contributed by atoms with Gasteiger partial charge in [0.1, 0.15) is 13.2 Å². The Balaban J connectivity index is 1.15. The minimum absolute atomic E-state index is 0.0256. The quantitative estimate of drug-likeness (QED) is 0.682. The lowest BCUT2D eigenvalue weighted by molar-refractivity contribution is -0.116. The van der Waals surface area contributed by atoms with E-state index < -0.39 is 15.8 Å². The molecular weight excluding hydrogens is 436 g/mol. The summed E-state index contributed by atoms with van der Waals surface area (Å²) in [5.74, 6) is 1.32. The molecule has 5 rings (SSSR count). The van der Waals surface area contributed by atoms with Crippen LogP contribution in [0.4, 0.5) is 5.69 Å². The fourth-order valence-corrected chi connectivity index (χ4v) is 5.13. The number of nitrogens with one attached hydrogen (secondary N) is 2. The van der Waals surface area contributed by atoms with Crippen molar-refractivity contribution in [3.63, 3.8) is 0 Å². The summed E-state index contributed by atoms with van der Waals surface area (Å²) in [6.45, 7) is 0.748. The van der Waals surface area contributed by atoms with E-state index >= 15 is 0 Å². The van der Waals surface area contributed by atoms with Crippen molar-refractivity contribution in [1.29, 1.82) is 0 Å². The number of fused-ring (bicyclic) bond motifs is 2. The minimum Gasteiger partial charge on any atom is -0.486 e. The van der Waals surface area contributed by atoms with Crippen LogP contribution in [0.2, 0.25) is 0 Å². The van der Waals surface area contributed by atoms with Crippen LogP contribution in [0.3, 0.4) is 0 Å². The summed E-state index contributed by atoms with van der Waals surface area (Å²) in [6.07, 6.45) is 3.82. The number of anilines is 1. The van der Waals surface area contributed by atoms with E-state index in [9.17, 15) is 13.2 Å². The van der Waals surface area contributed by atoms with E-state index in [2.05, 4.69) is 10.0 Å². The zero-order valence-electron chi connectivity index (χ0n) is 17.4. The summed E-state index contributed by atoms with van der Waals surface area (Å²) in [5.41, 5.74) is 0.571. The highest BCUT2D eigenvalue weighted by Gasteiger charge is 2.44. The van der Waals surface area contributed by atoms with E-state index in [1.165, 1.54) is 12.1 Å². The molecule has 0 radical (unpaired) electrons. The van der Waals surface area contributed by atoms with Crippen LogP contribution >= 0.6 is 0 Å². The number of benzene rings is 2. The largest absolute Gasteiger partial charge is 0.486 e. The average molecular weight is 461 g/mol. The van der Waals surface area contributed by atoms with Crippen molar-refractivity contribution in [2.24, 2.45) is 0 Å². The van der Waals surface area contributed by atoms with Crippen LogP contribution in [0, 0.1) is 0 Å². The first-order valence-electron chi connectivity index (χ1n) is 10.6. The van der Waals surface area contributed by atoms with Crippen LogP contribution in [-0.4, -0.2) is 39.9 Å². The summed E-state index contributed by atoms with van der Waals surface area (Å²) in [5, 5.41) is 2.77. The summed E-state index contributed by atoms with van der Waals surface area (Å²) in [7, 11) is -3.79. The van der Waals surface area contributed by atoms with Gasteiger partial charge in [-0.2, -0.15) is 0 Å². The third-order valence-corrected chi connectivity index (χ3v) is 7.11. The zero-order valence-corrected chi connectivity index (χ0v) is 18.2. The molecule has 0 aromatic heterocycles. The van der Waals surface area contributed by atoms with Crippen molar-refractivity contribution in [1.82, 2.24) is 4.72 Å². The molecule has 1 amide bonds. The number of hydrogen-bond acceptors (Lipinski definition) is 7. The highest BCUT2D eigenvalue weighted by Crippen LogP contribution is 2.47. The Morgan fingerprint density at radius 1 is 0.906 bits per heavy atom. The van der Waals surface area contributed by atoms with Crippen LogP contribution in [0.25, 0.3) is 0 Å². The molecule has 9 nitrogen and oxygen atoms in total. The normalized spacial score (nSPS) is 18.0. The summed E-state index contributed by atoms with van der Waals surface area (Å²) >= 11 is 0. The lowest BCUT2D eigenvalue weighted by atomic mass is 10.2. The van der Waals surface area contributed by atoms with Crippen LogP contribution in [0.5, 0.6) is 23.0 Å². The van der Waals surface area contributed by atoms with Crippen LogP contribution < -0.4 is 29.0 Å². The number of rotatable bonds is 6. The first-order valence-corrected chi connectivity index (χ1v) is 12.1. The second-order valence-corrected chi connectivity index (χ2v) is 9.75. The standard InChI is InChI=1S/C22H24N2O7S/c25-21(24-15-3-5-18-20(13-15)31-22(30-18)8-1-2-9-22)7-10-23-32(26,27)16-4-6-17-19(14-16)29-12-11-28-17/h3-6,13-14,23H,1-2,7-12H2,(H,24,25). The Bertz CT molecular complexity index is 1140. The van der Waals surface area contributed by atoms with Gasteiger partial charge < -0.3 is 24.3 Å². The third-order valence-electron chi connectivity index (χ3n) is 5.65. The summed E-state index contributed by atoms with van der Waals surface area (Å²) in [6, 6.07) is 9.68. The maximum atomic E-state index is 12.5. The highest BCUT2D eigenvalue weighted by molar-refractivity contribution is 7.89. The maximum Gasteiger partial charge on any atom is 0.251 e. The van der Waals surface area contributed by atoms with E-state index in [4.69, 9.17) is 18.9 Å². The lowest BCUT2D eigenvalue weighted by Crippen LogP contribution is -2.34. The van der Waals surface area contributed by atoms with E-state index in [0.29, 0.717) is 41.9 Å². The molecule has 3 aliphatic rings. The molecule has 0 unspecified atom stereocenters. The topological polar surface area (TPSA) is 112 Å². The number of sulfonamides is 1. The van der Waals surface area contributed by atoms with Gasteiger partial charge in [-0.15, -0.1) is 0 Å². The lowest BCUT2D eigenvalue weighted by Gasteiger charge is -2.21. The van der Waals surface area contributed by atoms with Crippen molar-refractivity contribution >= 4 is 21.6 Å². The number of carbonyl (C=O) groups excluding carboxylic acids is 1. The molecule has 0 atom stereocenters. The molecule has 2 aromatic rings. The zero-order chi connectivity index (χ0) is 22.2. The molecule has 1 spiro atoms. The van der Waals surface area contributed by atoms with Gasteiger partial charge in [-0.05, 0) is 37.1 Å². The Kier molecular flexibility index (Phi) is 5.34. The summed E-state index contributed by atoms with van der Waals surface area (Å²) < 4.78 is 50.3. The Labute approximate surface area is 186 Å². The predicted octanol–water partition coefficient (Wildman–Crippen LogP) is 2.81. The van der Waals surface area contributed by atoms with Crippen molar-refractivity contribution in [2.75, 3.05) is 25.1 Å². The SMILES string of the molecule is O=C(CCNS(=O)(=O)c1ccc2c(c1)OCCO2)Nc1ccc2c(c1)OC1(CCCC1)O2. The molecule has 2 aliphatic heterocycles. The second-order valence-electron chi connectivity index (χ2n) is 7.98. The van der Waals surface area contributed by atoms with Gasteiger partial charge in [0, 0.05) is 43.6 Å². The number of carbonyl (C=O) groups is 1. The van der Waals surface area contributed by atoms with Crippen molar-refractivity contribution in [3.05, 3.63) is 36.4 Å². The molecule has 1 saturated carbocycles. The fourth-order valence-electron chi connectivity index (χ4n) is 4.09. The predicted molar refractivity (Wildman–Crippen MR) is 115 cm³/mol. The van der Waals surface area contributed by atoms with E-state index in [0.717, 1.165) is 25.7 Å². The van der Waals surface area contributed by atoms with E-state index in [1.807, 2.05) is 0 Å². The van der Waals surface area contributed by atoms with Crippen LogP contribution in [0.15, 0.2) is 41.3 Å². The van der Waals surface area contributed by atoms with Gasteiger partial charge in [0.25, 0.3) is 5.79 Å². The monoisotopic (exact) mass is 460 g/mol. The molecule has 170 valence electrons. The molecule has 2 heterocycles. The Morgan fingerprint density at radius 2 is 1.62 bits per heavy atom. The highest BCUT2D eigenvalue weighted by atomic mass is 32.2. The van der Waals surface area contributed by atoms with Gasteiger partial charge >= 0.3 is 0 Å². The van der Waals surface area contributed by atoms with Crippen molar-refractivity contribution in [3.8, 4) is 23.0 Å². The smallest absolute Gasteiger partial charge is 0.251 e. The molecule has 2 aromatic carbocycles. The first kappa shape index (κ1) is 20.9. The molecule has 32 heavy (non-hydrogen) atoms. The maximum absolute atomic E-state index is 12.5. The number of hydrogen-bond donors (Lipinski definition) is 2. The first-order chi connectivity index (χ1) is 15.4. The minimum atomic E-state index is -3.79. The van der Waals surface area contributed by atoms with Gasteiger partial charge in [-0.3, -0.25) is 4.79 Å². The van der Waals surface area contributed by atoms with E-state index in [-0.39, 0.29) is 23.8 Å². The van der Waals surface area contributed by atoms with Crippen LogP contribution in [0.1, 0.15) is 32.1 Å². The number of amides is 1.